The molecule has 3 N–H and O–H groups in total. The lowest BCUT2D eigenvalue weighted by atomic mass is 10.2. The first-order valence-corrected chi connectivity index (χ1v) is 6.60. The maximum atomic E-state index is 12.3. The highest BCUT2D eigenvalue weighted by Crippen LogP contribution is 2.33. The van der Waals surface area contributed by atoms with Crippen molar-refractivity contribution in [3.63, 3.8) is 0 Å². The molecule has 0 bridgehead atoms. The number of anilines is 3. The third-order valence-electron chi connectivity index (χ3n) is 2.40. The molecule has 2 aromatic rings. The van der Waals surface area contributed by atoms with Gasteiger partial charge in [0.25, 0.3) is 0 Å². The molecule has 0 spiro atoms. The summed E-state index contributed by atoms with van der Waals surface area (Å²) >= 11 is 2.10. The quantitative estimate of drug-likeness (QED) is 0.595. The number of hydrogen-bond acceptors (Lipinski definition) is 3. The summed E-state index contributed by atoms with van der Waals surface area (Å²) in [6, 6.07) is 11.0. The van der Waals surface area contributed by atoms with Crippen LogP contribution in [0.5, 0.6) is 5.75 Å². The van der Waals surface area contributed by atoms with E-state index in [1.54, 1.807) is 24.3 Å². The number of rotatable bonds is 3. The van der Waals surface area contributed by atoms with Crippen molar-refractivity contribution in [2.24, 2.45) is 0 Å². The fraction of sp³-hybridized carbons (Fsp3) is 0.0769. The van der Waals surface area contributed by atoms with Crippen molar-refractivity contribution in [3.8, 4) is 5.75 Å². The number of nitrogens with two attached hydrogens (primary N) is 1. The molecule has 0 amide bonds. The first kappa shape index (κ1) is 14.8. The highest BCUT2D eigenvalue weighted by molar-refractivity contribution is 14.1. The highest BCUT2D eigenvalue weighted by Gasteiger charge is 2.32. The lowest BCUT2D eigenvalue weighted by Crippen LogP contribution is -2.17. The van der Waals surface area contributed by atoms with E-state index < -0.39 is 6.36 Å². The number of hydrogen-bond donors (Lipinski definition) is 2. The molecule has 0 fully saturated rings. The third-order valence-corrected chi connectivity index (χ3v) is 3.07. The maximum absolute atomic E-state index is 12.3. The van der Waals surface area contributed by atoms with Crippen molar-refractivity contribution < 1.29 is 17.9 Å². The topological polar surface area (TPSA) is 47.3 Å². The van der Waals surface area contributed by atoms with Gasteiger partial charge in [0.15, 0.2) is 5.75 Å². The van der Waals surface area contributed by atoms with Crippen molar-refractivity contribution in [1.29, 1.82) is 0 Å². The molecule has 106 valence electrons. The molecule has 0 heterocycles. The van der Waals surface area contributed by atoms with E-state index in [0.717, 1.165) is 3.57 Å². The van der Waals surface area contributed by atoms with Crippen LogP contribution in [0.4, 0.5) is 30.2 Å². The summed E-state index contributed by atoms with van der Waals surface area (Å²) in [5.74, 6) is -0.307. The molecule has 7 heteroatoms. The Morgan fingerprint density at radius 3 is 2.40 bits per heavy atom. The summed E-state index contributed by atoms with van der Waals surface area (Å²) < 4.78 is 41.8. The molecule has 2 rings (SSSR count). The zero-order valence-corrected chi connectivity index (χ0v) is 12.2. The molecular weight excluding hydrogens is 384 g/mol. The fourth-order valence-electron chi connectivity index (χ4n) is 1.58. The molecular formula is C13H10F3IN2O. The van der Waals surface area contributed by atoms with Gasteiger partial charge in [0, 0.05) is 3.57 Å². The Bertz CT molecular complexity index is 617. The summed E-state index contributed by atoms with van der Waals surface area (Å²) in [5.41, 5.74) is 6.97. The van der Waals surface area contributed by atoms with Gasteiger partial charge in [-0.3, -0.25) is 0 Å². The largest absolute Gasteiger partial charge is 0.573 e. The van der Waals surface area contributed by atoms with Crippen LogP contribution in [-0.2, 0) is 0 Å². The summed E-state index contributed by atoms with van der Waals surface area (Å²) in [6.07, 6.45) is -4.74. The van der Waals surface area contributed by atoms with E-state index in [1.165, 1.54) is 18.2 Å². The van der Waals surface area contributed by atoms with E-state index in [2.05, 4.69) is 32.6 Å². The molecule has 0 aliphatic heterocycles. The summed E-state index contributed by atoms with van der Waals surface area (Å²) in [4.78, 5) is 0. The Morgan fingerprint density at radius 1 is 1.05 bits per heavy atom. The molecule has 0 saturated heterocycles. The number of nitrogen functional groups attached to an aromatic ring is 1. The summed E-state index contributed by atoms with van der Waals surface area (Å²) in [5, 5.41) is 2.84. The summed E-state index contributed by atoms with van der Waals surface area (Å²) in [7, 11) is 0. The SMILES string of the molecule is Nc1cc(I)ccc1Nc1ccccc1OC(F)(F)F. The van der Waals surface area contributed by atoms with Crippen LogP contribution < -0.4 is 15.8 Å². The number of halogens is 4. The van der Waals surface area contributed by atoms with E-state index >= 15 is 0 Å². The van der Waals surface area contributed by atoms with Gasteiger partial charge >= 0.3 is 6.36 Å². The number of alkyl halides is 3. The summed E-state index contributed by atoms with van der Waals surface area (Å²) in [6.45, 7) is 0. The van der Waals surface area contributed by atoms with Crippen LogP contribution in [0.15, 0.2) is 42.5 Å². The highest BCUT2D eigenvalue weighted by atomic mass is 127. The van der Waals surface area contributed by atoms with Gasteiger partial charge < -0.3 is 15.8 Å². The average Bonchev–Trinajstić information content (AvgIpc) is 2.33. The molecule has 0 radical (unpaired) electrons. The molecule has 2 aromatic carbocycles. The van der Waals surface area contributed by atoms with E-state index in [9.17, 15) is 13.2 Å². The predicted octanol–water partition coefficient (Wildman–Crippen LogP) is 4.52. The molecule has 3 nitrogen and oxygen atoms in total. The number of para-hydroxylation sites is 2. The Morgan fingerprint density at radius 2 is 1.75 bits per heavy atom. The maximum Gasteiger partial charge on any atom is 0.573 e. The second kappa shape index (κ2) is 5.78. The number of benzene rings is 2. The fourth-order valence-corrected chi connectivity index (χ4v) is 2.09. The number of ether oxygens (including phenoxy) is 1. The minimum atomic E-state index is -4.74. The first-order chi connectivity index (χ1) is 9.35. The van der Waals surface area contributed by atoms with Gasteiger partial charge in [-0.05, 0) is 52.9 Å². The van der Waals surface area contributed by atoms with Crippen molar-refractivity contribution in [3.05, 3.63) is 46.0 Å². The van der Waals surface area contributed by atoms with E-state index in [-0.39, 0.29) is 11.4 Å². The standard InChI is InChI=1S/C13H10F3IN2O/c14-13(15,16)20-12-4-2-1-3-11(12)19-10-6-5-8(17)7-9(10)18/h1-7,19H,18H2. The Kier molecular flexibility index (Phi) is 4.26. The van der Waals surface area contributed by atoms with Crippen LogP contribution in [0, 0.1) is 3.57 Å². The van der Waals surface area contributed by atoms with Crippen LogP contribution in [0.2, 0.25) is 0 Å². The molecule has 0 aromatic heterocycles. The van der Waals surface area contributed by atoms with Crippen LogP contribution >= 0.6 is 22.6 Å². The Balaban J connectivity index is 2.29. The van der Waals surface area contributed by atoms with Crippen molar-refractivity contribution >= 4 is 39.7 Å². The minimum Gasteiger partial charge on any atom is -0.404 e. The Hall–Kier alpha value is -1.64. The second-order valence-corrected chi connectivity index (χ2v) is 5.15. The van der Waals surface area contributed by atoms with Crippen LogP contribution in [0.25, 0.3) is 0 Å². The molecule has 0 saturated carbocycles. The van der Waals surface area contributed by atoms with Crippen LogP contribution in [0.1, 0.15) is 0 Å². The average molecular weight is 394 g/mol. The molecule has 0 aliphatic carbocycles. The third kappa shape index (κ3) is 3.92. The monoisotopic (exact) mass is 394 g/mol. The van der Waals surface area contributed by atoms with Gasteiger partial charge in [-0.2, -0.15) is 0 Å². The van der Waals surface area contributed by atoms with Crippen molar-refractivity contribution in [2.75, 3.05) is 11.1 Å². The lowest BCUT2D eigenvalue weighted by molar-refractivity contribution is -0.274. The Labute approximate surface area is 127 Å². The van der Waals surface area contributed by atoms with Gasteiger partial charge in [0.05, 0.1) is 17.1 Å². The van der Waals surface area contributed by atoms with Crippen LogP contribution in [0.3, 0.4) is 0 Å². The normalized spacial score (nSPS) is 11.2. The van der Waals surface area contributed by atoms with E-state index in [1.807, 2.05) is 0 Å². The molecule has 0 aliphatic rings. The smallest absolute Gasteiger partial charge is 0.404 e. The second-order valence-electron chi connectivity index (χ2n) is 3.90. The number of nitrogens with one attached hydrogen (secondary N) is 1. The lowest BCUT2D eigenvalue weighted by Gasteiger charge is -2.15. The van der Waals surface area contributed by atoms with Crippen molar-refractivity contribution in [2.45, 2.75) is 6.36 Å². The minimum absolute atomic E-state index is 0.192. The van der Waals surface area contributed by atoms with Gasteiger partial charge in [0.1, 0.15) is 0 Å². The molecule has 0 unspecified atom stereocenters. The van der Waals surface area contributed by atoms with Crippen molar-refractivity contribution in [1.82, 2.24) is 0 Å². The zero-order chi connectivity index (χ0) is 14.8. The van der Waals surface area contributed by atoms with Gasteiger partial charge in [-0.15, -0.1) is 13.2 Å². The van der Waals surface area contributed by atoms with E-state index in [4.69, 9.17) is 5.73 Å². The molecule has 20 heavy (non-hydrogen) atoms. The van der Waals surface area contributed by atoms with Crippen LogP contribution in [-0.4, -0.2) is 6.36 Å². The zero-order valence-electron chi connectivity index (χ0n) is 10.0. The van der Waals surface area contributed by atoms with Gasteiger partial charge in [0.2, 0.25) is 0 Å². The molecule has 0 atom stereocenters. The first-order valence-electron chi connectivity index (χ1n) is 5.52. The predicted molar refractivity (Wildman–Crippen MR) is 80.0 cm³/mol. The van der Waals surface area contributed by atoms with E-state index in [0.29, 0.717) is 11.4 Å². The van der Waals surface area contributed by atoms with Gasteiger partial charge in [-0.25, -0.2) is 0 Å². The van der Waals surface area contributed by atoms with Gasteiger partial charge in [-0.1, -0.05) is 12.1 Å².